The van der Waals surface area contributed by atoms with Crippen molar-refractivity contribution in [3.8, 4) is 0 Å². The summed E-state index contributed by atoms with van der Waals surface area (Å²) in [6.07, 6.45) is 2.51. The quantitative estimate of drug-likeness (QED) is 0.834. The zero-order valence-corrected chi connectivity index (χ0v) is 15.2. The lowest BCUT2D eigenvalue weighted by molar-refractivity contribution is 0.160. The lowest BCUT2D eigenvalue weighted by Gasteiger charge is -2.35. The summed E-state index contributed by atoms with van der Waals surface area (Å²) in [4.78, 5) is 2.61. The summed E-state index contributed by atoms with van der Waals surface area (Å²) >= 11 is 6.01. The Bertz CT molecular complexity index is 376. The Labute approximate surface area is 146 Å². The summed E-state index contributed by atoms with van der Waals surface area (Å²) in [6.45, 7) is 9.10. The van der Waals surface area contributed by atoms with Gasteiger partial charge in [-0.2, -0.15) is 0 Å². The molecule has 1 fully saturated rings. The molecule has 1 saturated heterocycles. The van der Waals surface area contributed by atoms with Crippen LogP contribution in [-0.2, 0) is 0 Å². The molecule has 1 aliphatic heterocycles. The van der Waals surface area contributed by atoms with Gasteiger partial charge in [0.15, 0.2) is 0 Å². The van der Waals surface area contributed by atoms with Crippen molar-refractivity contribution in [2.24, 2.45) is 5.92 Å². The van der Waals surface area contributed by atoms with E-state index < -0.39 is 0 Å². The van der Waals surface area contributed by atoms with Crippen LogP contribution in [0.15, 0.2) is 24.3 Å². The third-order valence-corrected chi connectivity index (χ3v) is 4.12. The van der Waals surface area contributed by atoms with Crippen LogP contribution < -0.4 is 5.32 Å². The zero-order chi connectivity index (χ0) is 13.7. The van der Waals surface area contributed by atoms with Crippen LogP contribution in [0, 0.1) is 5.92 Å². The first kappa shape index (κ1) is 21.0. The molecule has 0 radical (unpaired) electrons. The van der Waals surface area contributed by atoms with Gasteiger partial charge in [0.2, 0.25) is 0 Å². The predicted octanol–water partition coefficient (Wildman–Crippen LogP) is 4.57. The molecule has 1 heterocycles. The normalized spacial score (nSPS) is 17.0. The van der Waals surface area contributed by atoms with Gasteiger partial charge in [0.25, 0.3) is 0 Å². The van der Waals surface area contributed by atoms with E-state index in [4.69, 9.17) is 11.6 Å². The Hall–Kier alpha value is 0.01000. The highest BCUT2D eigenvalue weighted by molar-refractivity contribution is 6.30. The Morgan fingerprint density at radius 3 is 2.14 bits per heavy atom. The van der Waals surface area contributed by atoms with E-state index in [9.17, 15) is 0 Å². The highest BCUT2D eigenvalue weighted by Crippen LogP contribution is 2.28. The lowest BCUT2D eigenvalue weighted by Crippen LogP contribution is -2.45. The minimum Gasteiger partial charge on any atom is -0.314 e. The van der Waals surface area contributed by atoms with Crippen LogP contribution in [0.5, 0.6) is 0 Å². The molecule has 0 aromatic heterocycles. The standard InChI is InChI=1S/C16H25ClN2.2ClH/c1-13(2)3-8-16(19-11-9-18-10-12-19)14-4-6-15(17)7-5-14;;/h4-7,13,16,18H,3,8-12H2,1-2H3;2*1H/t16-;;/m0../s1. The van der Waals surface area contributed by atoms with E-state index >= 15 is 0 Å². The van der Waals surface area contributed by atoms with Crippen LogP contribution in [0.3, 0.4) is 0 Å². The van der Waals surface area contributed by atoms with E-state index in [-0.39, 0.29) is 24.8 Å². The molecule has 5 heteroatoms. The number of hydrogen-bond donors (Lipinski definition) is 1. The molecule has 2 rings (SSSR count). The van der Waals surface area contributed by atoms with Gasteiger partial charge in [-0.15, -0.1) is 24.8 Å². The van der Waals surface area contributed by atoms with Crippen molar-refractivity contribution in [3.05, 3.63) is 34.9 Å². The van der Waals surface area contributed by atoms with Gasteiger partial charge in [0, 0.05) is 37.2 Å². The van der Waals surface area contributed by atoms with Crippen LogP contribution in [-0.4, -0.2) is 31.1 Å². The molecule has 0 bridgehead atoms. The third-order valence-electron chi connectivity index (χ3n) is 3.86. The second-order valence-electron chi connectivity index (χ2n) is 5.82. The number of benzene rings is 1. The summed E-state index contributed by atoms with van der Waals surface area (Å²) in [5, 5.41) is 4.26. The van der Waals surface area contributed by atoms with Crippen molar-refractivity contribution in [2.75, 3.05) is 26.2 Å². The van der Waals surface area contributed by atoms with Gasteiger partial charge in [-0.1, -0.05) is 37.6 Å². The summed E-state index contributed by atoms with van der Waals surface area (Å²) in [7, 11) is 0. The lowest BCUT2D eigenvalue weighted by atomic mass is 9.96. The molecule has 1 atom stereocenters. The van der Waals surface area contributed by atoms with Crippen molar-refractivity contribution in [3.63, 3.8) is 0 Å². The van der Waals surface area contributed by atoms with Gasteiger partial charge in [-0.3, -0.25) is 4.90 Å². The third kappa shape index (κ3) is 6.75. The highest BCUT2D eigenvalue weighted by Gasteiger charge is 2.22. The predicted molar refractivity (Wildman–Crippen MR) is 97.2 cm³/mol. The van der Waals surface area contributed by atoms with Crippen molar-refractivity contribution >= 4 is 36.4 Å². The van der Waals surface area contributed by atoms with Crippen molar-refractivity contribution < 1.29 is 0 Å². The monoisotopic (exact) mass is 352 g/mol. The average molecular weight is 354 g/mol. The second kappa shape index (κ2) is 10.7. The molecular weight excluding hydrogens is 327 g/mol. The van der Waals surface area contributed by atoms with Gasteiger partial charge < -0.3 is 5.32 Å². The van der Waals surface area contributed by atoms with Gasteiger partial charge >= 0.3 is 0 Å². The molecule has 0 unspecified atom stereocenters. The van der Waals surface area contributed by atoms with E-state index in [0.29, 0.717) is 6.04 Å². The van der Waals surface area contributed by atoms with Crippen molar-refractivity contribution in [1.82, 2.24) is 10.2 Å². The average Bonchev–Trinajstić information content (AvgIpc) is 2.42. The van der Waals surface area contributed by atoms with Crippen LogP contribution in [0.4, 0.5) is 0 Å². The fraction of sp³-hybridized carbons (Fsp3) is 0.625. The van der Waals surface area contributed by atoms with Crippen LogP contribution >= 0.6 is 36.4 Å². The highest BCUT2D eigenvalue weighted by atomic mass is 35.5. The van der Waals surface area contributed by atoms with Gasteiger partial charge in [0.05, 0.1) is 0 Å². The van der Waals surface area contributed by atoms with E-state index in [1.807, 2.05) is 12.1 Å². The summed E-state index contributed by atoms with van der Waals surface area (Å²) in [5.74, 6) is 0.762. The minimum absolute atomic E-state index is 0. The molecule has 0 saturated carbocycles. The molecule has 0 spiro atoms. The maximum atomic E-state index is 6.01. The number of nitrogens with zero attached hydrogens (tertiary/aromatic N) is 1. The molecule has 2 nitrogen and oxygen atoms in total. The largest absolute Gasteiger partial charge is 0.314 e. The van der Waals surface area contributed by atoms with Gasteiger partial charge in [0.1, 0.15) is 0 Å². The van der Waals surface area contributed by atoms with E-state index in [1.54, 1.807) is 0 Å². The van der Waals surface area contributed by atoms with E-state index in [2.05, 4.69) is 36.2 Å². The Morgan fingerprint density at radius 1 is 1.05 bits per heavy atom. The number of piperazine rings is 1. The van der Waals surface area contributed by atoms with E-state index in [1.165, 1.54) is 18.4 Å². The molecule has 1 aromatic rings. The molecule has 1 aromatic carbocycles. The first-order valence-corrected chi connectivity index (χ1v) is 7.75. The molecular formula is C16H27Cl3N2. The molecule has 0 aliphatic carbocycles. The smallest absolute Gasteiger partial charge is 0.0406 e. The number of nitrogens with one attached hydrogen (secondary N) is 1. The second-order valence-corrected chi connectivity index (χ2v) is 6.26. The Kier molecular flexibility index (Phi) is 10.7. The van der Waals surface area contributed by atoms with Crippen molar-refractivity contribution in [1.29, 1.82) is 0 Å². The number of rotatable bonds is 5. The molecule has 21 heavy (non-hydrogen) atoms. The fourth-order valence-corrected chi connectivity index (χ4v) is 2.86. The maximum Gasteiger partial charge on any atom is 0.0406 e. The Balaban J connectivity index is 0.00000200. The van der Waals surface area contributed by atoms with Gasteiger partial charge in [-0.05, 0) is 36.5 Å². The summed E-state index contributed by atoms with van der Waals surface area (Å²) in [6, 6.07) is 8.95. The van der Waals surface area contributed by atoms with Gasteiger partial charge in [-0.25, -0.2) is 0 Å². The maximum absolute atomic E-state index is 6.01. The first-order valence-electron chi connectivity index (χ1n) is 7.37. The van der Waals surface area contributed by atoms with E-state index in [0.717, 1.165) is 37.1 Å². The van der Waals surface area contributed by atoms with Crippen LogP contribution in [0.2, 0.25) is 5.02 Å². The summed E-state index contributed by atoms with van der Waals surface area (Å²) < 4.78 is 0. The SMILES string of the molecule is CC(C)CC[C@@H](c1ccc(Cl)cc1)N1CCNCC1.Cl.Cl. The molecule has 1 aliphatic rings. The number of hydrogen-bond acceptors (Lipinski definition) is 2. The number of halogens is 3. The first-order chi connectivity index (χ1) is 9.16. The molecule has 122 valence electrons. The van der Waals surface area contributed by atoms with Crippen molar-refractivity contribution in [2.45, 2.75) is 32.7 Å². The van der Waals surface area contributed by atoms with Crippen LogP contribution in [0.1, 0.15) is 38.3 Å². The molecule has 0 amide bonds. The Morgan fingerprint density at radius 2 is 1.62 bits per heavy atom. The molecule has 1 N–H and O–H groups in total. The minimum atomic E-state index is 0. The fourth-order valence-electron chi connectivity index (χ4n) is 2.73. The van der Waals surface area contributed by atoms with Crippen LogP contribution in [0.25, 0.3) is 0 Å². The summed E-state index contributed by atoms with van der Waals surface area (Å²) in [5.41, 5.74) is 1.41. The topological polar surface area (TPSA) is 15.3 Å². The zero-order valence-electron chi connectivity index (χ0n) is 12.8.